The number of nitrogens with zero attached hydrogens (tertiary/aromatic N) is 2. The molecule has 104 valence electrons. The van der Waals surface area contributed by atoms with Crippen molar-refractivity contribution < 1.29 is 9.53 Å². The first-order valence-corrected chi connectivity index (χ1v) is 6.69. The summed E-state index contributed by atoms with van der Waals surface area (Å²) in [5.41, 5.74) is 0.691. The molecule has 0 aromatic carbocycles. The first-order chi connectivity index (χ1) is 9.00. The fourth-order valence-corrected chi connectivity index (χ4v) is 2.38. The molecule has 0 amide bonds. The lowest BCUT2D eigenvalue weighted by atomic mass is 9.75. The maximum Gasteiger partial charge on any atom is 0.358 e. The Hall–Kier alpha value is -1.65. The number of ether oxygens (including phenoxy) is 1. The van der Waals surface area contributed by atoms with E-state index < -0.39 is 5.97 Å². The quantitative estimate of drug-likeness (QED) is 0.849. The second-order valence-electron chi connectivity index (χ2n) is 5.88. The van der Waals surface area contributed by atoms with Gasteiger partial charge in [0, 0.05) is 6.04 Å². The second-order valence-corrected chi connectivity index (χ2v) is 5.88. The van der Waals surface area contributed by atoms with Crippen molar-refractivity contribution in [2.75, 3.05) is 12.4 Å². The number of carbonyl (C=O) groups excluding carboxylic acids is 1. The third kappa shape index (κ3) is 3.66. The Morgan fingerprint density at radius 3 is 2.53 bits per heavy atom. The topological polar surface area (TPSA) is 64.1 Å². The smallest absolute Gasteiger partial charge is 0.358 e. The summed E-state index contributed by atoms with van der Waals surface area (Å²) in [4.78, 5) is 11.2. The van der Waals surface area contributed by atoms with E-state index in [-0.39, 0.29) is 5.69 Å². The first-order valence-electron chi connectivity index (χ1n) is 6.69. The second kappa shape index (κ2) is 5.55. The Bertz CT molecular complexity index is 433. The van der Waals surface area contributed by atoms with Crippen molar-refractivity contribution in [3.8, 4) is 0 Å². The standard InChI is InChI=1S/C14H21N3O2/c1-14(2)8-6-10(7-9-14)15-12-5-4-11(16-17-12)13(18)19-3/h4-5,10H,6-9H2,1-3H3,(H,15,17). The lowest BCUT2D eigenvalue weighted by Crippen LogP contribution is -2.30. The van der Waals surface area contributed by atoms with Gasteiger partial charge in [-0.1, -0.05) is 13.8 Å². The van der Waals surface area contributed by atoms with Crippen LogP contribution < -0.4 is 5.32 Å². The number of aromatic nitrogens is 2. The van der Waals surface area contributed by atoms with E-state index in [9.17, 15) is 4.79 Å². The molecule has 19 heavy (non-hydrogen) atoms. The predicted octanol–water partition coefficient (Wildman–Crippen LogP) is 2.64. The van der Waals surface area contributed by atoms with Crippen LogP contribution in [-0.4, -0.2) is 29.3 Å². The van der Waals surface area contributed by atoms with E-state index in [1.165, 1.54) is 20.0 Å². The van der Waals surface area contributed by atoms with E-state index in [1.807, 2.05) is 0 Å². The Balaban J connectivity index is 1.92. The molecular weight excluding hydrogens is 242 g/mol. The summed E-state index contributed by atoms with van der Waals surface area (Å²) in [5.74, 6) is 0.260. The summed E-state index contributed by atoms with van der Waals surface area (Å²) in [6.45, 7) is 4.63. The summed E-state index contributed by atoms with van der Waals surface area (Å²) in [6.07, 6.45) is 4.73. The number of hydrogen-bond donors (Lipinski definition) is 1. The van der Waals surface area contributed by atoms with Gasteiger partial charge in [-0.2, -0.15) is 0 Å². The van der Waals surface area contributed by atoms with Crippen LogP contribution in [0.3, 0.4) is 0 Å². The average molecular weight is 263 g/mol. The molecule has 1 aliphatic carbocycles. The van der Waals surface area contributed by atoms with Gasteiger partial charge < -0.3 is 10.1 Å². The highest BCUT2D eigenvalue weighted by Gasteiger charge is 2.26. The fourth-order valence-electron chi connectivity index (χ4n) is 2.38. The van der Waals surface area contributed by atoms with E-state index >= 15 is 0 Å². The van der Waals surface area contributed by atoms with Gasteiger partial charge in [0.25, 0.3) is 0 Å². The van der Waals surface area contributed by atoms with E-state index in [2.05, 4.69) is 34.1 Å². The molecule has 0 saturated heterocycles. The van der Waals surface area contributed by atoms with Crippen LogP contribution in [0, 0.1) is 5.41 Å². The summed E-state index contributed by atoms with van der Waals surface area (Å²) >= 11 is 0. The van der Waals surface area contributed by atoms with Gasteiger partial charge in [-0.25, -0.2) is 4.79 Å². The number of hydrogen-bond acceptors (Lipinski definition) is 5. The van der Waals surface area contributed by atoms with Crippen molar-refractivity contribution >= 4 is 11.8 Å². The maximum atomic E-state index is 11.2. The Labute approximate surface area is 113 Å². The molecule has 1 heterocycles. The number of methoxy groups -OCH3 is 1. The molecule has 0 aliphatic heterocycles. The Morgan fingerprint density at radius 2 is 2.00 bits per heavy atom. The highest BCUT2D eigenvalue weighted by Crippen LogP contribution is 2.35. The third-order valence-electron chi connectivity index (χ3n) is 3.75. The van der Waals surface area contributed by atoms with E-state index in [1.54, 1.807) is 12.1 Å². The van der Waals surface area contributed by atoms with Gasteiger partial charge in [-0.15, -0.1) is 10.2 Å². The zero-order chi connectivity index (χ0) is 13.9. The minimum Gasteiger partial charge on any atom is -0.464 e. The third-order valence-corrected chi connectivity index (χ3v) is 3.75. The Kier molecular flexibility index (Phi) is 4.02. The van der Waals surface area contributed by atoms with Crippen LogP contribution >= 0.6 is 0 Å². The van der Waals surface area contributed by atoms with Gasteiger partial charge in [0.2, 0.25) is 0 Å². The molecule has 1 aromatic rings. The number of carbonyl (C=O) groups is 1. The van der Waals surface area contributed by atoms with Crippen molar-refractivity contribution in [3.63, 3.8) is 0 Å². The van der Waals surface area contributed by atoms with Gasteiger partial charge in [0.05, 0.1) is 7.11 Å². The van der Waals surface area contributed by atoms with Crippen LogP contribution in [0.25, 0.3) is 0 Å². The average Bonchev–Trinajstić information content (AvgIpc) is 2.41. The number of anilines is 1. The van der Waals surface area contributed by atoms with Crippen molar-refractivity contribution in [1.29, 1.82) is 0 Å². The molecule has 1 aliphatic rings. The molecule has 1 aromatic heterocycles. The molecule has 5 heteroatoms. The van der Waals surface area contributed by atoms with Crippen molar-refractivity contribution in [2.45, 2.75) is 45.6 Å². The fraction of sp³-hybridized carbons (Fsp3) is 0.643. The molecule has 1 saturated carbocycles. The van der Waals surface area contributed by atoms with Gasteiger partial charge >= 0.3 is 5.97 Å². The number of rotatable bonds is 3. The minimum absolute atomic E-state index is 0.234. The normalized spacial score (nSPS) is 18.9. The van der Waals surface area contributed by atoms with Crippen molar-refractivity contribution in [1.82, 2.24) is 10.2 Å². The summed E-state index contributed by atoms with van der Waals surface area (Å²) in [7, 11) is 1.33. The lowest BCUT2D eigenvalue weighted by Gasteiger charge is -2.34. The van der Waals surface area contributed by atoms with Gasteiger partial charge in [0.15, 0.2) is 5.69 Å². The van der Waals surface area contributed by atoms with E-state index in [4.69, 9.17) is 0 Å². The van der Waals surface area contributed by atoms with Crippen LogP contribution in [0.15, 0.2) is 12.1 Å². The van der Waals surface area contributed by atoms with Crippen LogP contribution in [-0.2, 0) is 4.74 Å². The SMILES string of the molecule is COC(=O)c1ccc(NC2CCC(C)(C)CC2)nn1. The zero-order valence-corrected chi connectivity index (χ0v) is 11.8. The zero-order valence-electron chi connectivity index (χ0n) is 11.8. The first kappa shape index (κ1) is 13.8. The lowest BCUT2D eigenvalue weighted by molar-refractivity contribution is 0.0592. The molecule has 0 radical (unpaired) electrons. The maximum absolute atomic E-state index is 11.2. The van der Waals surface area contributed by atoms with E-state index in [0.717, 1.165) is 18.7 Å². The van der Waals surface area contributed by atoms with Crippen LogP contribution in [0.2, 0.25) is 0 Å². The molecule has 0 atom stereocenters. The monoisotopic (exact) mass is 263 g/mol. The molecule has 1 fully saturated rings. The van der Waals surface area contributed by atoms with Crippen LogP contribution in [0.1, 0.15) is 50.0 Å². The highest BCUT2D eigenvalue weighted by atomic mass is 16.5. The van der Waals surface area contributed by atoms with Crippen LogP contribution in [0.4, 0.5) is 5.82 Å². The minimum atomic E-state index is -0.460. The Morgan fingerprint density at radius 1 is 1.32 bits per heavy atom. The van der Waals surface area contributed by atoms with Gasteiger partial charge in [-0.3, -0.25) is 0 Å². The predicted molar refractivity (Wildman–Crippen MR) is 73.0 cm³/mol. The van der Waals surface area contributed by atoms with Gasteiger partial charge in [-0.05, 0) is 43.2 Å². The molecule has 5 nitrogen and oxygen atoms in total. The van der Waals surface area contributed by atoms with Crippen LogP contribution in [0.5, 0.6) is 0 Å². The summed E-state index contributed by atoms with van der Waals surface area (Å²) in [6, 6.07) is 3.86. The van der Waals surface area contributed by atoms with Crippen molar-refractivity contribution in [3.05, 3.63) is 17.8 Å². The molecular formula is C14H21N3O2. The summed E-state index contributed by atoms with van der Waals surface area (Å²) in [5, 5.41) is 11.2. The number of nitrogens with one attached hydrogen (secondary N) is 1. The molecule has 1 N–H and O–H groups in total. The highest BCUT2D eigenvalue weighted by molar-refractivity contribution is 5.86. The van der Waals surface area contributed by atoms with E-state index in [0.29, 0.717) is 11.5 Å². The molecule has 0 spiro atoms. The molecule has 2 rings (SSSR count). The number of esters is 1. The summed E-state index contributed by atoms with van der Waals surface area (Å²) < 4.78 is 4.59. The largest absolute Gasteiger partial charge is 0.464 e. The molecule has 0 unspecified atom stereocenters. The molecule has 0 bridgehead atoms. The van der Waals surface area contributed by atoms with Crippen molar-refractivity contribution in [2.24, 2.45) is 5.41 Å². The van der Waals surface area contributed by atoms with Gasteiger partial charge in [0.1, 0.15) is 5.82 Å².